The average molecular weight is 345 g/mol. The molecule has 0 heterocycles. The fraction of sp³-hybridized carbons (Fsp3) is 0.174. The summed E-state index contributed by atoms with van der Waals surface area (Å²) in [6.07, 6.45) is 0.455. The molecule has 0 unspecified atom stereocenters. The predicted octanol–water partition coefficient (Wildman–Crippen LogP) is 5.40. The maximum atomic E-state index is 12.2. The van der Waals surface area contributed by atoms with Gasteiger partial charge in [-0.15, -0.1) is 0 Å². The fourth-order valence-corrected chi connectivity index (χ4v) is 2.76. The molecular weight excluding hydrogens is 322 g/mol. The molecule has 0 saturated heterocycles. The first-order valence-corrected chi connectivity index (χ1v) is 8.82. The fourth-order valence-electron chi connectivity index (χ4n) is 2.76. The van der Waals surface area contributed by atoms with Gasteiger partial charge >= 0.3 is 0 Å². The summed E-state index contributed by atoms with van der Waals surface area (Å²) in [5.41, 5.74) is 3.08. The topological polar surface area (TPSA) is 38.3 Å². The second-order valence-corrected chi connectivity index (χ2v) is 6.36. The number of hydrogen-bond acceptors (Lipinski definition) is 2. The number of carbonyl (C=O) groups excluding carboxylic acids is 1. The quantitative estimate of drug-likeness (QED) is 0.623. The van der Waals surface area contributed by atoms with Crippen molar-refractivity contribution in [3.05, 3.63) is 96.1 Å². The van der Waals surface area contributed by atoms with Gasteiger partial charge in [-0.3, -0.25) is 4.79 Å². The maximum Gasteiger partial charge on any atom is 0.224 e. The third-order valence-electron chi connectivity index (χ3n) is 4.25. The van der Waals surface area contributed by atoms with E-state index in [1.54, 1.807) is 0 Å². The van der Waals surface area contributed by atoms with Crippen molar-refractivity contribution < 1.29 is 9.53 Å². The van der Waals surface area contributed by atoms with Crippen LogP contribution in [0.1, 0.15) is 30.4 Å². The van der Waals surface area contributed by atoms with Crippen LogP contribution in [0.5, 0.6) is 5.75 Å². The molecule has 0 aromatic heterocycles. The summed E-state index contributed by atoms with van der Waals surface area (Å²) in [5.74, 6) is 0.980. The Morgan fingerprint density at radius 3 is 2.15 bits per heavy atom. The zero-order valence-electron chi connectivity index (χ0n) is 14.9. The monoisotopic (exact) mass is 345 g/mol. The Kier molecular flexibility index (Phi) is 6.05. The summed E-state index contributed by atoms with van der Waals surface area (Å²) in [4.78, 5) is 12.2. The van der Waals surface area contributed by atoms with Crippen molar-refractivity contribution in [2.75, 3.05) is 5.32 Å². The van der Waals surface area contributed by atoms with Gasteiger partial charge in [-0.25, -0.2) is 0 Å². The Morgan fingerprint density at radius 1 is 0.885 bits per heavy atom. The van der Waals surface area contributed by atoms with Gasteiger partial charge < -0.3 is 10.1 Å². The first kappa shape index (κ1) is 17.7. The summed E-state index contributed by atoms with van der Waals surface area (Å²) in [5, 5.41) is 2.95. The first-order chi connectivity index (χ1) is 12.7. The van der Waals surface area contributed by atoms with Crippen LogP contribution in [-0.2, 0) is 11.4 Å². The Morgan fingerprint density at radius 2 is 1.50 bits per heavy atom. The molecule has 0 aliphatic carbocycles. The highest BCUT2D eigenvalue weighted by atomic mass is 16.5. The number of carbonyl (C=O) groups is 1. The molecule has 0 fully saturated rings. The van der Waals surface area contributed by atoms with Crippen LogP contribution in [0.2, 0.25) is 0 Å². The van der Waals surface area contributed by atoms with E-state index in [0.717, 1.165) is 17.0 Å². The predicted molar refractivity (Wildman–Crippen MR) is 105 cm³/mol. The molecule has 0 saturated carbocycles. The van der Waals surface area contributed by atoms with Crippen LogP contribution < -0.4 is 10.1 Å². The van der Waals surface area contributed by atoms with Gasteiger partial charge in [0.1, 0.15) is 12.4 Å². The highest BCUT2D eigenvalue weighted by Gasteiger charge is 2.11. The molecule has 0 aliphatic rings. The van der Waals surface area contributed by atoms with Crippen LogP contribution in [0.25, 0.3) is 0 Å². The number of amides is 1. The molecule has 1 atom stereocenters. The van der Waals surface area contributed by atoms with E-state index in [1.165, 1.54) is 5.56 Å². The number of nitrogens with one attached hydrogen (secondary N) is 1. The minimum Gasteiger partial charge on any atom is -0.489 e. The molecule has 0 bridgehead atoms. The molecular formula is C23H23NO2. The van der Waals surface area contributed by atoms with Crippen LogP contribution in [-0.4, -0.2) is 5.91 Å². The van der Waals surface area contributed by atoms with Gasteiger partial charge in [-0.2, -0.15) is 0 Å². The molecule has 1 amide bonds. The van der Waals surface area contributed by atoms with E-state index in [0.29, 0.717) is 13.0 Å². The number of rotatable bonds is 7. The zero-order chi connectivity index (χ0) is 18.2. The highest BCUT2D eigenvalue weighted by molar-refractivity contribution is 5.91. The molecule has 26 heavy (non-hydrogen) atoms. The van der Waals surface area contributed by atoms with E-state index in [2.05, 4.69) is 24.4 Å². The van der Waals surface area contributed by atoms with E-state index in [1.807, 2.05) is 72.8 Å². The lowest BCUT2D eigenvalue weighted by Gasteiger charge is -2.12. The van der Waals surface area contributed by atoms with Crippen LogP contribution in [0.4, 0.5) is 5.69 Å². The molecule has 3 aromatic rings. The molecule has 132 valence electrons. The van der Waals surface area contributed by atoms with Gasteiger partial charge in [-0.05, 0) is 41.3 Å². The number of ether oxygens (including phenoxy) is 1. The van der Waals surface area contributed by atoms with Crippen molar-refractivity contribution in [3.8, 4) is 5.75 Å². The van der Waals surface area contributed by atoms with Crippen LogP contribution in [0.15, 0.2) is 84.9 Å². The average Bonchev–Trinajstić information content (AvgIpc) is 2.69. The Hall–Kier alpha value is -3.07. The van der Waals surface area contributed by atoms with Gasteiger partial charge in [0.05, 0.1) is 0 Å². The van der Waals surface area contributed by atoms with E-state index in [4.69, 9.17) is 4.74 Å². The number of hydrogen-bond donors (Lipinski definition) is 1. The number of anilines is 1. The van der Waals surface area contributed by atoms with Crippen molar-refractivity contribution in [2.45, 2.75) is 25.9 Å². The second-order valence-electron chi connectivity index (χ2n) is 6.36. The summed E-state index contributed by atoms with van der Waals surface area (Å²) in [6, 6.07) is 27.6. The van der Waals surface area contributed by atoms with Gasteiger partial charge in [-0.1, -0.05) is 67.6 Å². The van der Waals surface area contributed by atoms with Gasteiger partial charge in [0.2, 0.25) is 5.91 Å². The summed E-state index contributed by atoms with van der Waals surface area (Å²) in [6.45, 7) is 2.59. The van der Waals surface area contributed by atoms with Crippen LogP contribution in [0, 0.1) is 0 Å². The third kappa shape index (κ3) is 5.21. The van der Waals surface area contributed by atoms with Crippen molar-refractivity contribution >= 4 is 11.6 Å². The molecule has 0 aliphatic heterocycles. The minimum absolute atomic E-state index is 0.0132. The summed E-state index contributed by atoms with van der Waals surface area (Å²) < 4.78 is 5.76. The third-order valence-corrected chi connectivity index (χ3v) is 4.25. The lowest BCUT2D eigenvalue weighted by atomic mass is 9.97. The van der Waals surface area contributed by atoms with Crippen molar-refractivity contribution in [3.63, 3.8) is 0 Å². The molecule has 3 heteroatoms. The Balaban J connectivity index is 1.50. The maximum absolute atomic E-state index is 12.2. The van der Waals surface area contributed by atoms with E-state index in [-0.39, 0.29) is 11.8 Å². The van der Waals surface area contributed by atoms with Gasteiger partial charge in [0.25, 0.3) is 0 Å². The smallest absolute Gasteiger partial charge is 0.224 e. The minimum atomic E-state index is 0.0132. The summed E-state index contributed by atoms with van der Waals surface area (Å²) >= 11 is 0. The second kappa shape index (κ2) is 8.86. The lowest BCUT2D eigenvalue weighted by molar-refractivity contribution is -0.116. The molecule has 1 N–H and O–H groups in total. The van der Waals surface area contributed by atoms with E-state index >= 15 is 0 Å². The van der Waals surface area contributed by atoms with E-state index in [9.17, 15) is 4.79 Å². The molecule has 0 radical (unpaired) electrons. The normalized spacial score (nSPS) is 11.6. The molecule has 0 spiro atoms. The van der Waals surface area contributed by atoms with Crippen molar-refractivity contribution in [1.29, 1.82) is 0 Å². The number of benzene rings is 3. The Bertz CT molecular complexity index is 814. The standard InChI is InChI=1S/C23H23NO2/c1-18(20-10-6-3-7-11-20)16-23(25)24-21-12-14-22(15-13-21)26-17-19-8-4-2-5-9-19/h2-15,18H,16-17H2,1H3,(H,24,25)/t18-/m0/s1. The van der Waals surface area contributed by atoms with Crippen molar-refractivity contribution in [1.82, 2.24) is 0 Å². The largest absolute Gasteiger partial charge is 0.489 e. The van der Waals surface area contributed by atoms with Gasteiger partial charge in [0.15, 0.2) is 0 Å². The lowest BCUT2D eigenvalue weighted by Crippen LogP contribution is -2.14. The van der Waals surface area contributed by atoms with Crippen LogP contribution in [0.3, 0.4) is 0 Å². The molecule has 3 nitrogen and oxygen atoms in total. The van der Waals surface area contributed by atoms with Crippen LogP contribution >= 0.6 is 0 Å². The molecule has 3 aromatic carbocycles. The Labute approximate surface area is 154 Å². The van der Waals surface area contributed by atoms with Gasteiger partial charge in [0, 0.05) is 12.1 Å². The zero-order valence-corrected chi connectivity index (χ0v) is 14.9. The first-order valence-electron chi connectivity index (χ1n) is 8.82. The van der Waals surface area contributed by atoms with Crippen molar-refractivity contribution in [2.24, 2.45) is 0 Å². The summed E-state index contributed by atoms with van der Waals surface area (Å²) in [7, 11) is 0. The van der Waals surface area contributed by atoms with E-state index < -0.39 is 0 Å². The highest BCUT2D eigenvalue weighted by Crippen LogP contribution is 2.21. The molecule has 3 rings (SSSR count). The SMILES string of the molecule is C[C@@H](CC(=O)Nc1ccc(OCc2ccccc2)cc1)c1ccccc1.